The summed E-state index contributed by atoms with van der Waals surface area (Å²) in [6, 6.07) is 0. The van der Waals surface area contributed by atoms with E-state index >= 15 is 0 Å². The average molecular weight is 267 g/mol. The molecule has 2 rings (SSSR count). The summed E-state index contributed by atoms with van der Waals surface area (Å²) in [5.41, 5.74) is 5.76. The quantitative estimate of drug-likeness (QED) is 0.820. The number of hydrogen-bond acceptors (Lipinski definition) is 3. The second kappa shape index (κ2) is 6.23. The highest BCUT2D eigenvalue weighted by Crippen LogP contribution is 2.29. The lowest BCUT2D eigenvalue weighted by Gasteiger charge is -2.34. The first-order chi connectivity index (χ1) is 9.05. The molecular weight excluding hydrogens is 238 g/mol. The Morgan fingerprint density at radius 2 is 2.21 bits per heavy atom. The van der Waals surface area contributed by atoms with Crippen molar-refractivity contribution in [2.24, 2.45) is 11.7 Å². The lowest BCUT2D eigenvalue weighted by Crippen LogP contribution is -2.49. The molecular formula is C15H29N3O. The molecule has 19 heavy (non-hydrogen) atoms. The van der Waals surface area contributed by atoms with Crippen LogP contribution in [-0.2, 0) is 4.79 Å². The summed E-state index contributed by atoms with van der Waals surface area (Å²) in [4.78, 5) is 16.7. The van der Waals surface area contributed by atoms with Gasteiger partial charge in [-0.05, 0) is 58.5 Å². The molecule has 0 aliphatic carbocycles. The summed E-state index contributed by atoms with van der Waals surface area (Å²) >= 11 is 0. The minimum Gasteiger partial charge on any atom is -0.336 e. The summed E-state index contributed by atoms with van der Waals surface area (Å²) in [6.45, 7) is 6.04. The van der Waals surface area contributed by atoms with Crippen molar-refractivity contribution in [3.63, 3.8) is 0 Å². The van der Waals surface area contributed by atoms with Gasteiger partial charge in [0.2, 0.25) is 5.91 Å². The van der Waals surface area contributed by atoms with E-state index in [9.17, 15) is 4.79 Å². The maximum Gasteiger partial charge on any atom is 0.223 e. The van der Waals surface area contributed by atoms with Crippen LogP contribution in [0, 0.1) is 5.92 Å². The molecule has 2 fully saturated rings. The van der Waals surface area contributed by atoms with Crippen molar-refractivity contribution < 1.29 is 4.79 Å². The first kappa shape index (κ1) is 14.8. The summed E-state index contributed by atoms with van der Waals surface area (Å²) in [5, 5.41) is 0. The zero-order chi connectivity index (χ0) is 13.9. The maximum absolute atomic E-state index is 12.3. The second-order valence-electron chi connectivity index (χ2n) is 6.66. The monoisotopic (exact) mass is 267 g/mol. The molecule has 0 saturated carbocycles. The van der Waals surface area contributed by atoms with Crippen molar-refractivity contribution in [1.29, 1.82) is 0 Å². The Morgan fingerprint density at radius 1 is 1.42 bits per heavy atom. The van der Waals surface area contributed by atoms with Gasteiger partial charge in [0.05, 0.1) is 5.54 Å². The summed E-state index contributed by atoms with van der Waals surface area (Å²) in [5.74, 6) is 1.12. The van der Waals surface area contributed by atoms with Gasteiger partial charge in [-0.2, -0.15) is 0 Å². The predicted molar refractivity (Wildman–Crippen MR) is 77.9 cm³/mol. The number of rotatable bonds is 5. The summed E-state index contributed by atoms with van der Waals surface area (Å²) in [6.07, 6.45) is 6.40. The Morgan fingerprint density at radius 3 is 2.84 bits per heavy atom. The van der Waals surface area contributed by atoms with Crippen LogP contribution in [0.5, 0.6) is 0 Å². The number of nitrogens with zero attached hydrogens (tertiary/aromatic N) is 2. The molecule has 4 nitrogen and oxygen atoms in total. The highest BCUT2D eigenvalue weighted by Gasteiger charge is 2.37. The third-order valence-corrected chi connectivity index (χ3v) is 4.98. The Hall–Kier alpha value is -0.610. The van der Waals surface area contributed by atoms with E-state index in [2.05, 4.69) is 18.9 Å². The number of carbonyl (C=O) groups excluding carboxylic acids is 1. The molecule has 0 radical (unpaired) electrons. The fraction of sp³-hybridized carbons (Fsp3) is 0.933. The van der Waals surface area contributed by atoms with E-state index in [4.69, 9.17) is 5.73 Å². The van der Waals surface area contributed by atoms with Gasteiger partial charge in [-0.25, -0.2) is 0 Å². The highest BCUT2D eigenvalue weighted by atomic mass is 16.2. The third-order valence-electron chi connectivity index (χ3n) is 4.98. The molecule has 2 N–H and O–H groups in total. The van der Waals surface area contributed by atoms with E-state index < -0.39 is 0 Å². The standard InChI is InChI=1S/C15H29N3O/c1-15(12-16)8-4-9-18(15)14(19)6-3-5-13-7-10-17(2)11-13/h13H,3-12,16H2,1-2H3. The molecule has 2 unspecified atom stereocenters. The number of amides is 1. The molecule has 2 aliphatic heterocycles. The summed E-state index contributed by atoms with van der Waals surface area (Å²) < 4.78 is 0. The number of likely N-dealkylation sites (tertiary alicyclic amines) is 2. The Labute approximate surface area is 117 Å². The van der Waals surface area contributed by atoms with Crippen LogP contribution < -0.4 is 5.73 Å². The van der Waals surface area contributed by atoms with Crippen molar-refractivity contribution in [2.75, 3.05) is 33.2 Å². The van der Waals surface area contributed by atoms with Crippen LogP contribution in [0.3, 0.4) is 0 Å². The fourth-order valence-corrected chi connectivity index (χ4v) is 3.60. The molecule has 0 aromatic carbocycles. The maximum atomic E-state index is 12.3. The lowest BCUT2D eigenvalue weighted by molar-refractivity contribution is -0.134. The molecule has 2 heterocycles. The molecule has 0 spiro atoms. The number of carbonyl (C=O) groups is 1. The Kier molecular flexibility index (Phi) is 4.85. The zero-order valence-electron chi connectivity index (χ0n) is 12.5. The van der Waals surface area contributed by atoms with E-state index in [1.807, 2.05) is 4.90 Å². The van der Waals surface area contributed by atoms with Gasteiger partial charge in [-0.3, -0.25) is 4.79 Å². The van der Waals surface area contributed by atoms with Gasteiger partial charge in [-0.1, -0.05) is 0 Å². The van der Waals surface area contributed by atoms with E-state index in [0.717, 1.165) is 31.7 Å². The lowest BCUT2D eigenvalue weighted by atomic mass is 9.98. The SMILES string of the molecule is CN1CCC(CCCC(=O)N2CCCC2(C)CN)C1. The Bertz CT molecular complexity index is 321. The fourth-order valence-electron chi connectivity index (χ4n) is 3.60. The van der Waals surface area contributed by atoms with Crippen molar-refractivity contribution >= 4 is 5.91 Å². The molecule has 4 heteroatoms. The molecule has 2 atom stereocenters. The largest absolute Gasteiger partial charge is 0.336 e. The minimum absolute atomic E-state index is 0.0787. The van der Waals surface area contributed by atoms with Crippen molar-refractivity contribution in [3.8, 4) is 0 Å². The first-order valence-electron chi connectivity index (χ1n) is 7.74. The van der Waals surface area contributed by atoms with E-state index in [1.165, 1.54) is 25.9 Å². The average Bonchev–Trinajstić information content (AvgIpc) is 2.96. The van der Waals surface area contributed by atoms with Gasteiger partial charge in [0.25, 0.3) is 0 Å². The number of nitrogens with two attached hydrogens (primary N) is 1. The van der Waals surface area contributed by atoms with Gasteiger partial charge in [-0.15, -0.1) is 0 Å². The minimum atomic E-state index is -0.0787. The summed E-state index contributed by atoms with van der Waals surface area (Å²) in [7, 11) is 2.18. The molecule has 2 saturated heterocycles. The zero-order valence-corrected chi connectivity index (χ0v) is 12.5. The van der Waals surface area contributed by atoms with Crippen molar-refractivity contribution in [3.05, 3.63) is 0 Å². The molecule has 1 amide bonds. The first-order valence-corrected chi connectivity index (χ1v) is 7.74. The van der Waals surface area contributed by atoms with Crippen LogP contribution in [0.25, 0.3) is 0 Å². The molecule has 0 bridgehead atoms. The van der Waals surface area contributed by atoms with Crippen molar-refractivity contribution in [2.45, 2.75) is 51.0 Å². The van der Waals surface area contributed by atoms with Crippen LogP contribution in [0.4, 0.5) is 0 Å². The predicted octanol–water partition coefficient (Wildman–Crippen LogP) is 1.45. The van der Waals surface area contributed by atoms with Crippen molar-refractivity contribution in [1.82, 2.24) is 9.80 Å². The second-order valence-corrected chi connectivity index (χ2v) is 6.66. The van der Waals surface area contributed by atoms with Crippen LogP contribution in [0.2, 0.25) is 0 Å². The van der Waals surface area contributed by atoms with Crippen LogP contribution >= 0.6 is 0 Å². The van der Waals surface area contributed by atoms with Crippen LogP contribution in [-0.4, -0.2) is 54.5 Å². The van der Waals surface area contributed by atoms with Gasteiger partial charge < -0.3 is 15.5 Å². The molecule has 2 aliphatic rings. The molecule has 0 aromatic rings. The van der Waals surface area contributed by atoms with Gasteiger partial charge in [0, 0.05) is 26.1 Å². The normalized spacial score (nSPS) is 32.2. The topological polar surface area (TPSA) is 49.6 Å². The Balaban J connectivity index is 1.72. The van der Waals surface area contributed by atoms with Crippen LogP contribution in [0.1, 0.15) is 45.4 Å². The van der Waals surface area contributed by atoms with Gasteiger partial charge >= 0.3 is 0 Å². The van der Waals surface area contributed by atoms with Gasteiger partial charge in [0.15, 0.2) is 0 Å². The third kappa shape index (κ3) is 3.48. The smallest absolute Gasteiger partial charge is 0.223 e. The van der Waals surface area contributed by atoms with Gasteiger partial charge in [0.1, 0.15) is 0 Å². The number of hydrogen-bond donors (Lipinski definition) is 1. The molecule has 110 valence electrons. The molecule has 0 aromatic heterocycles. The van der Waals surface area contributed by atoms with E-state index in [1.54, 1.807) is 0 Å². The van der Waals surface area contributed by atoms with E-state index in [-0.39, 0.29) is 5.54 Å². The van der Waals surface area contributed by atoms with E-state index in [0.29, 0.717) is 18.9 Å². The van der Waals surface area contributed by atoms with Crippen LogP contribution in [0.15, 0.2) is 0 Å². The highest BCUT2D eigenvalue weighted by molar-refractivity contribution is 5.77.